The summed E-state index contributed by atoms with van der Waals surface area (Å²) in [4.78, 5) is 9.79. The lowest BCUT2D eigenvalue weighted by Crippen LogP contribution is -1.59. The zero-order valence-electron chi connectivity index (χ0n) is 6.38. The van der Waals surface area contributed by atoms with Crippen LogP contribution >= 0.6 is 22.6 Å². The highest BCUT2D eigenvalue weighted by Crippen LogP contribution is 1.80. The van der Waals surface area contributed by atoms with E-state index in [1.807, 2.05) is 28.7 Å². The lowest BCUT2D eigenvalue weighted by molar-refractivity contribution is -0.104. The molecule has 0 N–H and O–H groups in total. The van der Waals surface area contributed by atoms with E-state index in [0.29, 0.717) is 12.7 Å². The molecular formula is C10H7IO. The first kappa shape index (κ1) is 11.0. The van der Waals surface area contributed by atoms with E-state index < -0.39 is 0 Å². The first-order valence-corrected chi connectivity index (χ1v) is 4.34. The molecule has 2 heteroatoms. The molecule has 0 saturated carbocycles. The van der Waals surface area contributed by atoms with Crippen LogP contribution in [0.4, 0.5) is 0 Å². The number of aldehydes is 1. The van der Waals surface area contributed by atoms with Crippen molar-refractivity contribution in [3.05, 3.63) is 24.3 Å². The molecule has 0 unspecified atom stereocenters. The molecule has 60 valence electrons. The Balaban J connectivity index is 3.63. The molecule has 0 amide bonds. The number of carbonyl (C=O) groups excluding carboxylic acids is 1. The Labute approximate surface area is 86.1 Å². The quantitative estimate of drug-likeness (QED) is 0.325. The average Bonchev–Trinajstić information content (AvgIpc) is 2.10. The summed E-state index contributed by atoms with van der Waals surface area (Å²) in [7, 11) is 0. The Morgan fingerprint density at radius 1 is 1.25 bits per heavy atom. The van der Waals surface area contributed by atoms with Gasteiger partial charge in [-0.05, 0) is 22.2 Å². The van der Waals surface area contributed by atoms with Crippen LogP contribution in [0.1, 0.15) is 6.42 Å². The molecule has 0 spiro atoms. The Morgan fingerprint density at radius 2 is 2.08 bits per heavy atom. The predicted molar refractivity (Wildman–Crippen MR) is 58.5 cm³/mol. The second-order valence-corrected chi connectivity index (χ2v) is 2.20. The van der Waals surface area contributed by atoms with E-state index in [2.05, 4.69) is 21.7 Å². The van der Waals surface area contributed by atoms with Gasteiger partial charge in [-0.15, -0.1) is 0 Å². The van der Waals surface area contributed by atoms with Gasteiger partial charge < -0.3 is 0 Å². The van der Waals surface area contributed by atoms with Crippen molar-refractivity contribution in [1.82, 2.24) is 0 Å². The van der Waals surface area contributed by atoms with Crippen molar-refractivity contribution in [2.45, 2.75) is 6.42 Å². The highest BCUT2D eigenvalue weighted by Gasteiger charge is 1.65. The highest BCUT2D eigenvalue weighted by molar-refractivity contribution is 14.1. The van der Waals surface area contributed by atoms with E-state index in [1.165, 1.54) is 12.2 Å². The maximum Gasteiger partial charge on any atom is 0.143 e. The maximum atomic E-state index is 9.79. The zero-order valence-corrected chi connectivity index (χ0v) is 8.54. The fraction of sp³-hybridized carbons (Fsp3) is 0.100. The molecule has 12 heavy (non-hydrogen) atoms. The van der Waals surface area contributed by atoms with Crippen LogP contribution in [0.2, 0.25) is 0 Å². The van der Waals surface area contributed by atoms with Gasteiger partial charge in [0.25, 0.3) is 0 Å². The van der Waals surface area contributed by atoms with Crippen molar-refractivity contribution in [3.63, 3.8) is 0 Å². The first-order valence-electron chi connectivity index (χ1n) is 3.26. The van der Waals surface area contributed by atoms with E-state index >= 15 is 0 Å². The number of rotatable bonds is 2. The van der Waals surface area contributed by atoms with Crippen LogP contribution in [0.15, 0.2) is 24.3 Å². The molecule has 0 aliphatic carbocycles. The molecule has 0 aromatic rings. The third-order valence-corrected chi connectivity index (χ3v) is 1.15. The standard InChI is InChI=1S/C10H7IO/c11-9-7-5-3-1-2-4-6-8-10-12/h3,5-6,8,10H,1H2/b5-3-,8-6-. The van der Waals surface area contributed by atoms with Gasteiger partial charge in [-0.2, -0.15) is 0 Å². The fourth-order valence-corrected chi connectivity index (χ4v) is 0.593. The predicted octanol–water partition coefficient (Wildman–Crippen LogP) is 2.09. The molecule has 0 bridgehead atoms. The second kappa shape index (κ2) is 10.0. The summed E-state index contributed by atoms with van der Waals surface area (Å²) in [6, 6.07) is 0. The molecular weight excluding hydrogens is 263 g/mol. The summed E-state index contributed by atoms with van der Waals surface area (Å²) in [5.74, 6) is 8.29. The van der Waals surface area contributed by atoms with Crippen LogP contribution in [-0.2, 0) is 4.79 Å². The smallest absolute Gasteiger partial charge is 0.143 e. The summed E-state index contributed by atoms with van der Waals surface area (Å²) < 4.78 is 2.70. The Morgan fingerprint density at radius 3 is 2.75 bits per heavy atom. The zero-order chi connectivity index (χ0) is 9.07. The van der Waals surface area contributed by atoms with Crippen LogP contribution in [0.3, 0.4) is 0 Å². The first-order chi connectivity index (χ1) is 5.91. The lowest BCUT2D eigenvalue weighted by atomic mass is 10.3. The molecule has 0 aliphatic heterocycles. The van der Waals surface area contributed by atoms with Crippen molar-refractivity contribution < 1.29 is 4.79 Å². The third-order valence-electron chi connectivity index (χ3n) is 0.836. The van der Waals surface area contributed by atoms with Crippen molar-refractivity contribution in [3.8, 4) is 21.7 Å². The van der Waals surface area contributed by atoms with Crippen LogP contribution in [0, 0.1) is 21.7 Å². The van der Waals surface area contributed by atoms with E-state index in [1.54, 1.807) is 6.08 Å². The van der Waals surface area contributed by atoms with E-state index in [4.69, 9.17) is 0 Å². The minimum atomic E-state index is 0.661. The van der Waals surface area contributed by atoms with Crippen molar-refractivity contribution >= 4 is 28.9 Å². The van der Waals surface area contributed by atoms with Crippen molar-refractivity contribution in [1.29, 1.82) is 0 Å². The summed E-state index contributed by atoms with van der Waals surface area (Å²) >= 11 is 1.97. The van der Waals surface area contributed by atoms with Crippen LogP contribution in [0.5, 0.6) is 0 Å². The molecule has 0 rings (SSSR count). The van der Waals surface area contributed by atoms with Crippen LogP contribution in [-0.4, -0.2) is 6.29 Å². The molecule has 0 radical (unpaired) electrons. The van der Waals surface area contributed by atoms with Crippen molar-refractivity contribution in [2.24, 2.45) is 0 Å². The van der Waals surface area contributed by atoms with E-state index in [0.717, 1.165) is 0 Å². The van der Waals surface area contributed by atoms with Gasteiger partial charge in [0.05, 0.1) is 0 Å². The molecule has 0 aromatic heterocycles. The number of hydrogen-bond donors (Lipinski definition) is 0. The Kier molecular flexibility index (Phi) is 9.17. The largest absolute Gasteiger partial charge is 0.299 e. The molecule has 0 aliphatic rings. The molecule has 0 saturated heterocycles. The van der Waals surface area contributed by atoms with Gasteiger partial charge in [-0.1, -0.05) is 23.8 Å². The SMILES string of the molecule is O=C/C=C\C#CC/C=C\C#CI. The van der Waals surface area contributed by atoms with Crippen LogP contribution < -0.4 is 0 Å². The van der Waals surface area contributed by atoms with Gasteiger partial charge in [-0.25, -0.2) is 0 Å². The third kappa shape index (κ3) is 9.00. The molecule has 0 fully saturated rings. The maximum absolute atomic E-state index is 9.79. The minimum absolute atomic E-state index is 0.661. The summed E-state index contributed by atoms with van der Waals surface area (Å²) in [5.41, 5.74) is 0. The topological polar surface area (TPSA) is 17.1 Å². The average molecular weight is 270 g/mol. The normalized spacial score (nSPS) is 8.75. The van der Waals surface area contributed by atoms with E-state index in [-0.39, 0.29) is 0 Å². The van der Waals surface area contributed by atoms with Gasteiger partial charge in [0.2, 0.25) is 0 Å². The lowest BCUT2D eigenvalue weighted by Gasteiger charge is -1.71. The van der Waals surface area contributed by atoms with Gasteiger partial charge in [-0.3, -0.25) is 4.79 Å². The molecule has 1 nitrogen and oxygen atoms in total. The van der Waals surface area contributed by atoms with Gasteiger partial charge in [0.15, 0.2) is 0 Å². The molecule has 0 heterocycles. The minimum Gasteiger partial charge on any atom is -0.299 e. The van der Waals surface area contributed by atoms with Gasteiger partial charge >= 0.3 is 0 Å². The summed E-state index contributed by atoms with van der Waals surface area (Å²) in [6.45, 7) is 0. The number of allylic oxidation sites excluding steroid dienone is 4. The van der Waals surface area contributed by atoms with Gasteiger partial charge in [0.1, 0.15) is 6.29 Å². The Hall–Kier alpha value is -1.00. The number of carbonyl (C=O) groups is 1. The van der Waals surface area contributed by atoms with Crippen LogP contribution in [0.25, 0.3) is 0 Å². The molecule has 0 atom stereocenters. The van der Waals surface area contributed by atoms with Crippen molar-refractivity contribution in [2.75, 3.05) is 0 Å². The van der Waals surface area contributed by atoms with E-state index in [9.17, 15) is 4.79 Å². The number of halogens is 1. The Bertz CT molecular complexity index is 291. The molecule has 0 aromatic carbocycles. The second-order valence-electron chi connectivity index (χ2n) is 1.66. The monoisotopic (exact) mass is 270 g/mol. The fourth-order valence-electron chi connectivity index (χ4n) is 0.414. The summed E-state index contributed by atoms with van der Waals surface area (Å²) in [5, 5.41) is 0. The van der Waals surface area contributed by atoms with Gasteiger partial charge in [0, 0.05) is 29.0 Å². The number of hydrogen-bond acceptors (Lipinski definition) is 1. The summed E-state index contributed by atoms with van der Waals surface area (Å²) in [6.07, 6.45) is 7.87. The highest BCUT2D eigenvalue weighted by atomic mass is 127.